The molecule has 0 saturated carbocycles. The predicted octanol–water partition coefficient (Wildman–Crippen LogP) is 1.81. The van der Waals surface area contributed by atoms with E-state index >= 15 is 0 Å². The lowest BCUT2D eigenvalue weighted by atomic mass is 10.2. The summed E-state index contributed by atoms with van der Waals surface area (Å²) < 4.78 is 8.26. The number of amides is 1. The van der Waals surface area contributed by atoms with Crippen molar-refractivity contribution in [3.63, 3.8) is 0 Å². The van der Waals surface area contributed by atoms with Gasteiger partial charge in [-0.3, -0.25) is 9.52 Å². The van der Waals surface area contributed by atoms with Gasteiger partial charge in [-0.15, -0.1) is 0 Å². The summed E-state index contributed by atoms with van der Waals surface area (Å²) in [5, 5.41) is 3.29. The Labute approximate surface area is 109 Å². The Kier molecular flexibility index (Phi) is 10.7. The first kappa shape index (κ1) is 16.7. The van der Waals surface area contributed by atoms with Crippen LogP contribution in [0.5, 0.6) is 0 Å². The predicted molar refractivity (Wildman–Crippen MR) is 74.0 cm³/mol. The number of hydrogen-bond donors (Lipinski definition) is 2. The average molecular weight is 262 g/mol. The molecule has 0 aliphatic rings. The van der Waals surface area contributed by atoms with Crippen LogP contribution >= 0.6 is 11.9 Å². The molecule has 0 radical (unpaired) electrons. The average Bonchev–Trinajstić information content (AvgIpc) is 2.25. The van der Waals surface area contributed by atoms with Gasteiger partial charge >= 0.3 is 0 Å². The zero-order chi connectivity index (χ0) is 13.1. The fourth-order valence-corrected chi connectivity index (χ4v) is 1.74. The van der Waals surface area contributed by atoms with Crippen molar-refractivity contribution < 1.29 is 9.53 Å². The molecule has 0 fully saturated rings. The minimum absolute atomic E-state index is 0.0563. The number of carbonyl (C=O) groups excluding carboxylic acids is 1. The Morgan fingerprint density at radius 1 is 1.24 bits per heavy atom. The second kappa shape index (κ2) is 10.9. The van der Waals surface area contributed by atoms with Gasteiger partial charge in [-0.05, 0) is 6.42 Å². The lowest BCUT2D eigenvalue weighted by Gasteiger charge is -2.09. The number of nitrogens with one attached hydrogen (secondary N) is 2. The van der Waals surface area contributed by atoms with E-state index in [9.17, 15) is 4.79 Å². The van der Waals surface area contributed by atoms with Crippen LogP contribution in [0.15, 0.2) is 0 Å². The third kappa shape index (κ3) is 12.0. The van der Waals surface area contributed by atoms with Crippen molar-refractivity contribution in [1.29, 1.82) is 0 Å². The van der Waals surface area contributed by atoms with Crippen molar-refractivity contribution in [3.05, 3.63) is 0 Å². The quantitative estimate of drug-likeness (QED) is 0.466. The molecule has 0 aliphatic heterocycles. The fraction of sp³-hybridized carbons (Fsp3) is 0.917. The smallest absolute Gasteiger partial charge is 0.232 e. The first-order valence-electron chi connectivity index (χ1n) is 6.26. The molecule has 2 N–H and O–H groups in total. The van der Waals surface area contributed by atoms with E-state index in [4.69, 9.17) is 4.74 Å². The summed E-state index contributed by atoms with van der Waals surface area (Å²) in [5.74, 6) is 1.05. The van der Waals surface area contributed by atoms with Crippen LogP contribution < -0.4 is 10.0 Å². The highest BCUT2D eigenvalue weighted by atomic mass is 32.2. The van der Waals surface area contributed by atoms with Crippen LogP contribution in [0.2, 0.25) is 0 Å². The molecule has 0 aromatic heterocycles. The van der Waals surface area contributed by atoms with Crippen molar-refractivity contribution in [2.45, 2.75) is 40.2 Å². The molecule has 0 saturated heterocycles. The molecule has 1 amide bonds. The lowest BCUT2D eigenvalue weighted by molar-refractivity contribution is -0.122. The van der Waals surface area contributed by atoms with Gasteiger partial charge in [0.2, 0.25) is 5.91 Å². The van der Waals surface area contributed by atoms with E-state index in [0.29, 0.717) is 6.04 Å². The van der Waals surface area contributed by atoms with E-state index in [1.165, 1.54) is 11.9 Å². The Morgan fingerprint density at radius 3 is 2.53 bits per heavy atom. The SMILES string of the molecule is CC(C)NCCOCCCSNC(=O)C(C)C. The van der Waals surface area contributed by atoms with Crippen molar-refractivity contribution in [2.24, 2.45) is 5.92 Å². The van der Waals surface area contributed by atoms with Gasteiger partial charge in [0.15, 0.2) is 0 Å². The van der Waals surface area contributed by atoms with Crippen molar-refractivity contribution in [2.75, 3.05) is 25.5 Å². The number of ether oxygens (including phenoxy) is 1. The molecule has 0 atom stereocenters. The first-order chi connectivity index (χ1) is 8.04. The van der Waals surface area contributed by atoms with Crippen LogP contribution in [0.25, 0.3) is 0 Å². The van der Waals surface area contributed by atoms with Gasteiger partial charge in [-0.2, -0.15) is 0 Å². The molecule has 0 bridgehead atoms. The summed E-state index contributed by atoms with van der Waals surface area (Å²) in [5.41, 5.74) is 0. The molecule has 0 aromatic rings. The van der Waals surface area contributed by atoms with Crippen LogP contribution in [-0.4, -0.2) is 37.5 Å². The van der Waals surface area contributed by atoms with Gasteiger partial charge in [0.1, 0.15) is 0 Å². The number of rotatable bonds is 10. The van der Waals surface area contributed by atoms with Gasteiger partial charge in [-0.1, -0.05) is 39.6 Å². The van der Waals surface area contributed by atoms with Crippen molar-refractivity contribution >= 4 is 17.9 Å². The van der Waals surface area contributed by atoms with E-state index in [-0.39, 0.29) is 11.8 Å². The monoisotopic (exact) mass is 262 g/mol. The van der Waals surface area contributed by atoms with E-state index in [2.05, 4.69) is 23.9 Å². The Balaban J connectivity index is 3.11. The Morgan fingerprint density at radius 2 is 1.94 bits per heavy atom. The highest BCUT2D eigenvalue weighted by Crippen LogP contribution is 2.00. The molecule has 17 heavy (non-hydrogen) atoms. The summed E-state index contributed by atoms with van der Waals surface area (Å²) >= 11 is 1.46. The third-order valence-corrected chi connectivity index (χ3v) is 2.87. The lowest BCUT2D eigenvalue weighted by Crippen LogP contribution is -2.26. The minimum Gasteiger partial charge on any atom is -0.380 e. The zero-order valence-corrected chi connectivity index (χ0v) is 12.2. The van der Waals surface area contributed by atoms with Crippen LogP contribution in [0.1, 0.15) is 34.1 Å². The second-order valence-corrected chi connectivity index (χ2v) is 5.45. The van der Waals surface area contributed by atoms with E-state index < -0.39 is 0 Å². The molecular weight excluding hydrogens is 236 g/mol. The van der Waals surface area contributed by atoms with E-state index in [1.54, 1.807) is 0 Å². The largest absolute Gasteiger partial charge is 0.380 e. The summed E-state index contributed by atoms with van der Waals surface area (Å²) in [4.78, 5) is 11.2. The standard InChI is InChI=1S/C12H26N2O2S/c1-10(2)12(15)14-17-9-5-7-16-8-6-13-11(3)4/h10-11,13H,5-9H2,1-4H3,(H,14,15). The maximum absolute atomic E-state index is 11.2. The van der Waals surface area contributed by atoms with E-state index in [1.807, 2.05) is 13.8 Å². The Hall–Kier alpha value is -0.260. The summed E-state index contributed by atoms with van der Waals surface area (Å²) in [6.45, 7) is 10.4. The van der Waals surface area contributed by atoms with Gasteiger partial charge in [0, 0.05) is 30.9 Å². The molecule has 0 rings (SSSR count). The minimum atomic E-state index is 0.0563. The Bertz CT molecular complexity index is 199. The van der Waals surface area contributed by atoms with Gasteiger partial charge in [0.25, 0.3) is 0 Å². The fourth-order valence-electron chi connectivity index (χ4n) is 0.995. The second-order valence-electron chi connectivity index (χ2n) is 4.54. The highest BCUT2D eigenvalue weighted by Gasteiger charge is 2.05. The summed E-state index contributed by atoms with van der Waals surface area (Å²) in [7, 11) is 0. The van der Waals surface area contributed by atoms with Gasteiger partial charge < -0.3 is 10.1 Å². The maximum Gasteiger partial charge on any atom is 0.232 e. The summed E-state index contributed by atoms with van der Waals surface area (Å²) in [6.07, 6.45) is 0.963. The van der Waals surface area contributed by atoms with Gasteiger partial charge in [0.05, 0.1) is 6.61 Å². The zero-order valence-electron chi connectivity index (χ0n) is 11.4. The highest BCUT2D eigenvalue weighted by molar-refractivity contribution is 7.97. The number of hydrogen-bond acceptors (Lipinski definition) is 4. The normalized spacial score (nSPS) is 11.2. The maximum atomic E-state index is 11.2. The molecule has 4 nitrogen and oxygen atoms in total. The molecule has 0 unspecified atom stereocenters. The topological polar surface area (TPSA) is 50.4 Å². The molecule has 0 aliphatic carbocycles. The molecule has 0 aromatic carbocycles. The summed E-state index contributed by atoms with van der Waals surface area (Å²) in [6, 6.07) is 0.514. The van der Waals surface area contributed by atoms with Crippen LogP contribution in [0.4, 0.5) is 0 Å². The van der Waals surface area contributed by atoms with Crippen LogP contribution in [0.3, 0.4) is 0 Å². The van der Waals surface area contributed by atoms with E-state index in [0.717, 1.165) is 31.9 Å². The van der Waals surface area contributed by atoms with Crippen LogP contribution in [0, 0.1) is 5.92 Å². The first-order valence-corrected chi connectivity index (χ1v) is 7.25. The molecule has 0 spiro atoms. The van der Waals surface area contributed by atoms with Crippen LogP contribution in [-0.2, 0) is 9.53 Å². The third-order valence-electron chi connectivity index (χ3n) is 2.03. The van der Waals surface area contributed by atoms with Crippen molar-refractivity contribution in [3.8, 4) is 0 Å². The molecule has 0 heterocycles. The molecular formula is C12H26N2O2S. The van der Waals surface area contributed by atoms with Gasteiger partial charge in [-0.25, -0.2) is 0 Å². The molecule has 102 valence electrons. The number of carbonyl (C=O) groups is 1. The molecule has 5 heteroatoms. The van der Waals surface area contributed by atoms with Crippen molar-refractivity contribution in [1.82, 2.24) is 10.0 Å².